The van der Waals surface area contributed by atoms with Gasteiger partial charge in [0.05, 0.1) is 24.6 Å². The summed E-state index contributed by atoms with van der Waals surface area (Å²) < 4.78 is 0. The van der Waals surface area contributed by atoms with Crippen molar-refractivity contribution in [2.45, 2.75) is 175 Å². The minimum atomic E-state index is -0.708. The fourth-order valence-corrected chi connectivity index (χ4v) is 10.3. The molecule has 0 saturated carbocycles. The smallest absolute Gasteiger partial charge is 0.0594 e. The molecule has 2 heteroatoms. The minimum Gasteiger partial charge on any atom is -1.00 e. The molecule has 0 aliphatic heterocycles. The van der Waals surface area contributed by atoms with E-state index < -0.39 is 7.26 Å². The van der Waals surface area contributed by atoms with Gasteiger partial charge >= 0.3 is 0 Å². The lowest BCUT2D eigenvalue weighted by Gasteiger charge is -2.28. The van der Waals surface area contributed by atoms with Crippen LogP contribution in [0.4, 0.5) is 0 Å². The maximum atomic E-state index is 2.35. The molecule has 0 nitrogen and oxygen atoms in total. The third kappa shape index (κ3) is 24.4. The zero-order valence-corrected chi connectivity index (χ0v) is 26.4. The predicted molar refractivity (Wildman–Crippen MR) is 155 cm³/mol. The van der Waals surface area contributed by atoms with E-state index in [1.807, 2.05) is 0 Å². The Balaban J connectivity index is 0. The molecule has 0 fully saturated rings. The lowest BCUT2D eigenvalue weighted by molar-refractivity contribution is -0.00000734. The molecular weight excluding hydrogens is 483 g/mol. The van der Waals surface area contributed by atoms with Crippen LogP contribution in [-0.4, -0.2) is 24.6 Å². The van der Waals surface area contributed by atoms with Gasteiger partial charge in [0.15, 0.2) is 0 Å². The second-order valence-corrected chi connectivity index (χ2v) is 15.4. The van der Waals surface area contributed by atoms with Crippen molar-refractivity contribution in [2.75, 3.05) is 24.6 Å². The van der Waals surface area contributed by atoms with E-state index >= 15 is 0 Å². The first-order valence-corrected chi connectivity index (χ1v) is 18.1. The molecule has 0 rings (SSSR count). The molecule has 0 aromatic rings. The molecule has 0 amide bonds. The van der Waals surface area contributed by atoms with E-state index in [4.69, 9.17) is 0 Å². The molecule has 0 unspecified atom stereocenters. The van der Waals surface area contributed by atoms with Crippen molar-refractivity contribution < 1.29 is 17.0 Å². The highest BCUT2D eigenvalue weighted by Gasteiger charge is 2.34. The van der Waals surface area contributed by atoms with Crippen molar-refractivity contribution >= 4 is 7.26 Å². The summed E-state index contributed by atoms with van der Waals surface area (Å²) in [6, 6.07) is 0. The van der Waals surface area contributed by atoms with Crippen molar-refractivity contribution in [3.05, 3.63) is 0 Å². The van der Waals surface area contributed by atoms with Crippen LogP contribution in [0.25, 0.3) is 0 Å². The topological polar surface area (TPSA) is 0 Å². The summed E-state index contributed by atoms with van der Waals surface area (Å²) in [5.41, 5.74) is 0. The molecule has 0 N–H and O–H groups in total. The van der Waals surface area contributed by atoms with Crippen LogP contribution in [0, 0.1) is 0 Å². The standard InChI is InChI=1S/C31H66P.BrH/c1-5-9-13-17-18-19-23-27-31-32(28-24-20-14-10-6-2,29-25-21-15-11-7-3)30-26-22-16-12-8-4;/h5-31H2,1-4H3;1H/q+1;/p-1. The molecule has 0 aromatic carbocycles. The highest BCUT2D eigenvalue weighted by molar-refractivity contribution is 7.75. The summed E-state index contributed by atoms with van der Waals surface area (Å²) in [6.45, 7) is 9.39. The van der Waals surface area contributed by atoms with Gasteiger partial charge < -0.3 is 17.0 Å². The van der Waals surface area contributed by atoms with Crippen molar-refractivity contribution in [1.82, 2.24) is 0 Å². The highest BCUT2D eigenvalue weighted by atomic mass is 79.9. The normalized spacial score (nSPS) is 11.6. The zero-order valence-electron chi connectivity index (χ0n) is 23.9. The lowest BCUT2D eigenvalue weighted by Crippen LogP contribution is -3.00. The van der Waals surface area contributed by atoms with Crippen molar-refractivity contribution in [2.24, 2.45) is 0 Å². The van der Waals surface area contributed by atoms with Gasteiger partial charge in [-0.25, -0.2) is 0 Å². The van der Waals surface area contributed by atoms with Gasteiger partial charge in [0, 0.05) is 7.26 Å². The van der Waals surface area contributed by atoms with Crippen LogP contribution >= 0.6 is 7.26 Å². The van der Waals surface area contributed by atoms with E-state index in [0.717, 1.165) is 0 Å². The second-order valence-electron chi connectivity index (χ2n) is 11.0. The molecule has 0 atom stereocenters. The summed E-state index contributed by atoms with van der Waals surface area (Å²) in [4.78, 5) is 0. The average molecular weight is 550 g/mol. The Hall–Kier alpha value is 0.910. The molecule has 0 spiro atoms. The largest absolute Gasteiger partial charge is 1.00 e. The van der Waals surface area contributed by atoms with Gasteiger partial charge in [0.2, 0.25) is 0 Å². The van der Waals surface area contributed by atoms with Crippen LogP contribution < -0.4 is 17.0 Å². The van der Waals surface area contributed by atoms with Crippen LogP contribution in [-0.2, 0) is 0 Å². The number of unbranched alkanes of at least 4 members (excludes halogenated alkanes) is 19. The Morgan fingerprint density at radius 2 is 0.455 bits per heavy atom. The van der Waals surface area contributed by atoms with E-state index in [9.17, 15) is 0 Å². The molecule has 0 radical (unpaired) electrons. The Kier molecular flexibility index (Phi) is 31.9. The lowest BCUT2D eigenvalue weighted by atomic mass is 10.1. The van der Waals surface area contributed by atoms with Crippen LogP contribution in [0.15, 0.2) is 0 Å². The SMILES string of the molecule is CCCCCCCCCC[P+](CCCCCCC)(CCCCCCC)CCCCCCC.[Br-]. The van der Waals surface area contributed by atoms with E-state index in [0.29, 0.717) is 0 Å². The Morgan fingerprint density at radius 3 is 0.667 bits per heavy atom. The molecule has 0 bridgehead atoms. The highest BCUT2D eigenvalue weighted by Crippen LogP contribution is 2.61. The number of halogens is 1. The molecule has 0 aromatic heterocycles. The fraction of sp³-hybridized carbons (Fsp3) is 1.00. The van der Waals surface area contributed by atoms with Gasteiger partial charge in [-0.05, 0) is 51.4 Å². The zero-order chi connectivity index (χ0) is 23.6. The summed E-state index contributed by atoms with van der Waals surface area (Å²) in [5.74, 6) is 0. The molecule has 0 aliphatic carbocycles. The molecule has 0 aliphatic rings. The van der Waals surface area contributed by atoms with Gasteiger partial charge in [-0.15, -0.1) is 0 Å². The maximum Gasteiger partial charge on any atom is 0.0594 e. The summed E-state index contributed by atoms with van der Waals surface area (Å²) in [6.07, 6.45) is 40.6. The van der Waals surface area contributed by atoms with Crippen LogP contribution in [0.5, 0.6) is 0 Å². The first-order chi connectivity index (χ1) is 15.7. The van der Waals surface area contributed by atoms with Crippen LogP contribution in [0.2, 0.25) is 0 Å². The first-order valence-electron chi connectivity index (χ1n) is 15.6. The van der Waals surface area contributed by atoms with E-state index in [1.165, 1.54) is 122 Å². The van der Waals surface area contributed by atoms with E-state index in [2.05, 4.69) is 27.7 Å². The first kappa shape index (κ1) is 36.1. The predicted octanol–water partition coefficient (Wildman–Crippen LogP) is 9.06. The fourth-order valence-electron chi connectivity index (χ4n) is 5.40. The monoisotopic (exact) mass is 548 g/mol. The van der Waals surface area contributed by atoms with Crippen LogP contribution in [0.1, 0.15) is 175 Å². The van der Waals surface area contributed by atoms with E-state index in [-0.39, 0.29) is 17.0 Å². The van der Waals surface area contributed by atoms with Crippen molar-refractivity contribution in [1.29, 1.82) is 0 Å². The molecule has 33 heavy (non-hydrogen) atoms. The van der Waals surface area contributed by atoms with Gasteiger partial charge in [0.1, 0.15) is 0 Å². The van der Waals surface area contributed by atoms with Gasteiger partial charge in [0.25, 0.3) is 0 Å². The Labute approximate surface area is 223 Å². The van der Waals surface area contributed by atoms with Gasteiger partial charge in [-0.2, -0.15) is 0 Å². The third-order valence-electron chi connectivity index (χ3n) is 7.69. The van der Waals surface area contributed by atoms with Crippen LogP contribution in [0.3, 0.4) is 0 Å². The third-order valence-corrected chi connectivity index (χ3v) is 12.8. The van der Waals surface area contributed by atoms with Crippen molar-refractivity contribution in [3.63, 3.8) is 0 Å². The van der Waals surface area contributed by atoms with Gasteiger partial charge in [-0.3, -0.25) is 0 Å². The Morgan fingerprint density at radius 1 is 0.273 bits per heavy atom. The minimum absolute atomic E-state index is 0. The number of rotatable bonds is 27. The maximum absolute atomic E-state index is 2.35. The molecule has 202 valence electrons. The number of hydrogen-bond donors (Lipinski definition) is 0. The summed E-state index contributed by atoms with van der Waals surface area (Å²) in [7, 11) is -0.708. The molecule has 0 saturated heterocycles. The Bertz CT molecular complexity index is 308. The summed E-state index contributed by atoms with van der Waals surface area (Å²) in [5, 5.41) is 0. The average Bonchev–Trinajstić information content (AvgIpc) is 2.80. The summed E-state index contributed by atoms with van der Waals surface area (Å²) >= 11 is 0. The van der Waals surface area contributed by atoms with Gasteiger partial charge in [-0.1, -0.05) is 124 Å². The molecule has 0 heterocycles. The quantitative estimate of drug-likeness (QED) is 0.0708. The van der Waals surface area contributed by atoms with E-state index in [1.54, 1.807) is 50.3 Å². The van der Waals surface area contributed by atoms with Crippen molar-refractivity contribution in [3.8, 4) is 0 Å². The number of hydrogen-bond acceptors (Lipinski definition) is 0. The molecular formula is C31H66BrP. The second kappa shape index (κ2) is 29.1.